The molecule has 3 aliphatic rings. The zero-order valence-electron chi connectivity index (χ0n) is 14.0. The molecule has 2 amide bonds. The summed E-state index contributed by atoms with van der Waals surface area (Å²) in [5.74, 6) is 0.414. The lowest BCUT2D eigenvalue weighted by Gasteiger charge is -2.19. The molecule has 2 bridgehead atoms. The van der Waals surface area contributed by atoms with Crippen LogP contribution in [-0.4, -0.2) is 11.8 Å². The molecule has 1 aromatic rings. The van der Waals surface area contributed by atoms with E-state index in [9.17, 15) is 9.59 Å². The number of nitrogens with zero attached hydrogens (tertiary/aromatic N) is 1. The summed E-state index contributed by atoms with van der Waals surface area (Å²) >= 11 is 0. The topological polar surface area (TPSA) is 37.4 Å². The third-order valence-electron chi connectivity index (χ3n) is 6.03. The highest BCUT2D eigenvalue weighted by Crippen LogP contribution is 2.60. The van der Waals surface area contributed by atoms with Gasteiger partial charge < -0.3 is 0 Å². The second kappa shape index (κ2) is 5.05. The van der Waals surface area contributed by atoms with Crippen LogP contribution < -0.4 is 4.90 Å². The Morgan fingerprint density at radius 2 is 1.52 bits per heavy atom. The first kappa shape index (κ1) is 14.7. The van der Waals surface area contributed by atoms with Crippen molar-refractivity contribution in [1.29, 1.82) is 0 Å². The van der Waals surface area contributed by atoms with Gasteiger partial charge in [0, 0.05) is 0 Å². The van der Waals surface area contributed by atoms with Gasteiger partial charge in [-0.2, -0.15) is 0 Å². The molecule has 0 aromatic heterocycles. The van der Waals surface area contributed by atoms with Gasteiger partial charge in [-0.05, 0) is 62.6 Å². The summed E-state index contributed by atoms with van der Waals surface area (Å²) in [7, 11) is 0. The van der Waals surface area contributed by atoms with Crippen LogP contribution in [0.15, 0.2) is 35.4 Å². The number of carbonyl (C=O) groups is 2. The molecule has 3 nitrogen and oxygen atoms in total. The molecular formula is C20H23NO2. The van der Waals surface area contributed by atoms with Crippen LogP contribution >= 0.6 is 0 Å². The van der Waals surface area contributed by atoms with Gasteiger partial charge in [-0.1, -0.05) is 30.2 Å². The number of carbonyl (C=O) groups excluding carboxylic acids is 2. The van der Waals surface area contributed by atoms with Gasteiger partial charge in [0.1, 0.15) is 0 Å². The smallest absolute Gasteiger partial charge is 0.238 e. The van der Waals surface area contributed by atoms with Gasteiger partial charge in [-0.25, -0.2) is 0 Å². The highest BCUT2D eigenvalue weighted by atomic mass is 16.2. The Morgan fingerprint density at radius 3 is 1.96 bits per heavy atom. The standard InChI is InChI=1S/C20H23NO2/c1-4-12-5-7-13(8-6-12)21-19(22)17-14-9-10-15(16(14)11(2)3)18(17)20(21)23/h5-8,14-15,17-18H,4,9-10H2,1-3H3/t14-,15+,17-,18-/m0/s1. The van der Waals surface area contributed by atoms with Crippen molar-refractivity contribution in [3.63, 3.8) is 0 Å². The summed E-state index contributed by atoms with van der Waals surface area (Å²) in [4.78, 5) is 27.4. The van der Waals surface area contributed by atoms with Crippen molar-refractivity contribution < 1.29 is 9.59 Å². The second-order valence-electron chi connectivity index (χ2n) is 7.33. The van der Waals surface area contributed by atoms with Crippen LogP contribution in [0.3, 0.4) is 0 Å². The maximum Gasteiger partial charge on any atom is 0.238 e. The van der Waals surface area contributed by atoms with Gasteiger partial charge in [-0.3, -0.25) is 14.5 Å². The fourth-order valence-electron chi connectivity index (χ4n) is 5.13. The van der Waals surface area contributed by atoms with Gasteiger partial charge in [0.05, 0.1) is 17.5 Å². The maximum absolute atomic E-state index is 13.0. The molecule has 0 N–H and O–H groups in total. The minimum Gasteiger partial charge on any atom is -0.274 e. The van der Waals surface area contributed by atoms with Crippen LogP contribution in [0.5, 0.6) is 0 Å². The van der Waals surface area contributed by atoms with E-state index in [-0.39, 0.29) is 23.7 Å². The Labute approximate surface area is 137 Å². The van der Waals surface area contributed by atoms with E-state index < -0.39 is 0 Å². The molecule has 0 radical (unpaired) electrons. The van der Waals surface area contributed by atoms with E-state index in [0.29, 0.717) is 11.8 Å². The summed E-state index contributed by atoms with van der Waals surface area (Å²) in [6, 6.07) is 7.86. The largest absolute Gasteiger partial charge is 0.274 e. The van der Waals surface area contributed by atoms with Crippen molar-refractivity contribution >= 4 is 17.5 Å². The van der Waals surface area contributed by atoms with E-state index in [1.807, 2.05) is 24.3 Å². The fraction of sp³-hybridized carbons (Fsp3) is 0.500. The average Bonchev–Trinajstić information content (AvgIpc) is 3.18. The fourth-order valence-corrected chi connectivity index (χ4v) is 5.13. The van der Waals surface area contributed by atoms with E-state index in [2.05, 4.69) is 20.8 Å². The predicted octanol–water partition coefficient (Wildman–Crippen LogP) is 3.73. The number of fused-ring (bicyclic) bond motifs is 5. The number of anilines is 1. The van der Waals surface area contributed by atoms with Crippen molar-refractivity contribution in [2.24, 2.45) is 23.7 Å². The summed E-state index contributed by atoms with van der Waals surface area (Å²) < 4.78 is 0. The second-order valence-corrected chi connectivity index (χ2v) is 7.33. The Morgan fingerprint density at radius 1 is 1.00 bits per heavy atom. The van der Waals surface area contributed by atoms with Gasteiger partial charge >= 0.3 is 0 Å². The lowest BCUT2D eigenvalue weighted by atomic mass is 9.81. The first-order valence-electron chi connectivity index (χ1n) is 8.68. The molecule has 2 aliphatic carbocycles. The Balaban J connectivity index is 1.71. The molecule has 23 heavy (non-hydrogen) atoms. The number of benzene rings is 1. The predicted molar refractivity (Wildman–Crippen MR) is 89.9 cm³/mol. The molecule has 0 unspecified atom stereocenters. The number of rotatable bonds is 2. The normalized spacial score (nSPS) is 32.0. The first-order chi connectivity index (χ1) is 11.0. The van der Waals surface area contributed by atoms with Crippen molar-refractivity contribution in [1.82, 2.24) is 0 Å². The van der Waals surface area contributed by atoms with Crippen LogP contribution in [0, 0.1) is 23.7 Å². The molecule has 3 heteroatoms. The third kappa shape index (κ3) is 1.89. The third-order valence-corrected chi connectivity index (χ3v) is 6.03. The maximum atomic E-state index is 13.0. The highest BCUT2D eigenvalue weighted by molar-refractivity contribution is 6.23. The lowest BCUT2D eigenvalue weighted by Crippen LogP contribution is -2.33. The van der Waals surface area contributed by atoms with Crippen molar-refractivity contribution in [2.45, 2.75) is 40.0 Å². The van der Waals surface area contributed by atoms with E-state index in [4.69, 9.17) is 0 Å². The molecule has 4 atom stereocenters. The molecule has 0 spiro atoms. The number of amides is 2. The monoisotopic (exact) mass is 309 g/mol. The van der Waals surface area contributed by atoms with Gasteiger partial charge in [-0.15, -0.1) is 0 Å². The minimum absolute atomic E-state index is 0.0233. The lowest BCUT2D eigenvalue weighted by molar-refractivity contribution is -0.123. The van der Waals surface area contributed by atoms with E-state index in [1.165, 1.54) is 21.6 Å². The van der Waals surface area contributed by atoms with Crippen LogP contribution in [0.25, 0.3) is 0 Å². The van der Waals surface area contributed by atoms with Crippen LogP contribution in [0.1, 0.15) is 39.2 Å². The van der Waals surface area contributed by atoms with E-state index >= 15 is 0 Å². The summed E-state index contributed by atoms with van der Waals surface area (Å²) in [5, 5.41) is 0. The molecule has 120 valence electrons. The molecule has 1 aromatic carbocycles. The van der Waals surface area contributed by atoms with Gasteiger partial charge in [0.25, 0.3) is 0 Å². The minimum atomic E-state index is -0.114. The highest BCUT2D eigenvalue weighted by Gasteiger charge is 2.63. The first-order valence-corrected chi connectivity index (χ1v) is 8.68. The molecule has 1 aliphatic heterocycles. The average molecular weight is 309 g/mol. The van der Waals surface area contributed by atoms with Crippen LogP contribution in [0.4, 0.5) is 5.69 Å². The summed E-state index contributed by atoms with van der Waals surface area (Å²) in [5.41, 5.74) is 4.68. The zero-order valence-corrected chi connectivity index (χ0v) is 14.0. The summed E-state index contributed by atoms with van der Waals surface area (Å²) in [6.07, 6.45) is 3.09. The van der Waals surface area contributed by atoms with Crippen molar-refractivity contribution in [2.75, 3.05) is 4.90 Å². The molecule has 4 rings (SSSR count). The number of allylic oxidation sites excluding steroid dienone is 2. The molecule has 2 saturated carbocycles. The van der Waals surface area contributed by atoms with Crippen molar-refractivity contribution in [3.8, 4) is 0 Å². The van der Waals surface area contributed by atoms with E-state index in [1.54, 1.807) is 0 Å². The SMILES string of the molecule is CCc1ccc(N2C(=O)[C@@H]3[C@@H](C2=O)[C@H]2CC[C@@H]3C2=C(C)C)cc1. The number of hydrogen-bond donors (Lipinski definition) is 0. The van der Waals surface area contributed by atoms with Crippen molar-refractivity contribution in [3.05, 3.63) is 41.0 Å². The van der Waals surface area contributed by atoms with Gasteiger partial charge in [0.15, 0.2) is 0 Å². The molecule has 1 heterocycles. The van der Waals surface area contributed by atoms with E-state index in [0.717, 1.165) is 24.9 Å². The Hall–Kier alpha value is -1.90. The Kier molecular flexibility index (Phi) is 3.22. The Bertz CT molecular complexity index is 680. The van der Waals surface area contributed by atoms with Gasteiger partial charge in [0.2, 0.25) is 11.8 Å². The zero-order chi connectivity index (χ0) is 16.3. The molecule has 3 fully saturated rings. The quantitative estimate of drug-likeness (QED) is 0.616. The summed E-state index contributed by atoms with van der Waals surface area (Å²) in [6.45, 7) is 6.35. The number of hydrogen-bond acceptors (Lipinski definition) is 2. The van der Waals surface area contributed by atoms with Crippen LogP contribution in [-0.2, 0) is 16.0 Å². The number of imide groups is 1. The molecule has 1 saturated heterocycles. The molecular weight excluding hydrogens is 286 g/mol. The number of aryl methyl sites for hydroxylation is 1. The van der Waals surface area contributed by atoms with Crippen LogP contribution in [0.2, 0.25) is 0 Å².